The van der Waals surface area contributed by atoms with Crippen LogP contribution in [0.1, 0.15) is 0 Å². The van der Waals surface area contributed by atoms with Gasteiger partial charge < -0.3 is 10.1 Å². The average molecular weight is 351 g/mol. The molecular formula is C19H17N3O2S. The Bertz CT molecular complexity index is 822. The number of nitrogens with one attached hydrogen (secondary N) is 1. The normalized spacial score (nSPS) is 10.3. The Kier molecular flexibility index (Phi) is 5.64. The highest BCUT2D eigenvalue weighted by Gasteiger charge is 2.06. The molecule has 1 N–H and O–H groups in total. The van der Waals surface area contributed by atoms with E-state index < -0.39 is 0 Å². The second-order valence-electron chi connectivity index (χ2n) is 5.19. The van der Waals surface area contributed by atoms with E-state index in [0.717, 1.165) is 22.7 Å². The highest BCUT2D eigenvalue weighted by atomic mass is 32.2. The lowest BCUT2D eigenvalue weighted by Gasteiger charge is -2.05. The van der Waals surface area contributed by atoms with E-state index in [9.17, 15) is 4.79 Å². The molecule has 5 nitrogen and oxygen atoms in total. The van der Waals surface area contributed by atoms with Gasteiger partial charge in [0.1, 0.15) is 10.8 Å². The van der Waals surface area contributed by atoms with Crippen molar-refractivity contribution in [1.29, 1.82) is 0 Å². The molecule has 0 spiro atoms. The number of aromatic nitrogens is 2. The monoisotopic (exact) mass is 351 g/mol. The first-order chi connectivity index (χ1) is 12.2. The van der Waals surface area contributed by atoms with Crippen LogP contribution in [-0.4, -0.2) is 29.0 Å². The number of carbonyl (C=O) groups is 1. The molecule has 1 amide bonds. The Morgan fingerprint density at radius 1 is 1.00 bits per heavy atom. The molecule has 0 saturated carbocycles. The fourth-order valence-electron chi connectivity index (χ4n) is 2.17. The Morgan fingerprint density at radius 2 is 1.76 bits per heavy atom. The molecule has 0 aliphatic carbocycles. The number of rotatable bonds is 6. The van der Waals surface area contributed by atoms with Gasteiger partial charge in [-0.1, -0.05) is 30.0 Å². The topological polar surface area (TPSA) is 64.1 Å². The number of amides is 1. The van der Waals surface area contributed by atoms with Gasteiger partial charge in [-0.2, -0.15) is 0 Å². The van der Waals surface area contributed by atoms with Gasteiger partial charge in [-0.25, -0.2) is 0 Å². The van der Waals surface area contributed by atoms with Crippen molar-refractivity contribution >= 4 is 23.4 Å². The quantitative estimate of drug-likeness (QED) is 0.683. The maximum Gasteiger partial charge on any atom is 0.234 e. The first-order valence-corrected chi connectivity index (χ1v) is 8.69. The molecule has 0 bridgehead atoms. The minimum atomic E-state index is -0.0720. The zero-order valence-corrected chi connectivity index (χ0v) is 14.5. The van der Waals surface area contributed by atoms with Crippen LogP contribution in [0.4, 0.5) is 5.69 Å². The predicted octanol–water partition coefficient (Wildman–Crippen LogP) is 3.88. The van der Waals surface area contributed by atoms with Crippen molar-refractivity contribution < 1.29 is 9.53 Å². The molecule has 0 radical (unpaired) electrons. The van der Waals surface area contributed by atoms with E-state index in [0.29, 0.717) is 5.03 Å². The first-order valence-electron chi connectivity index (χ1n) is 7.70. The molecule has 0 unspecified atom stereocenters. The van der Waals surface area contributed by atoms with Crippen molar-refractivity contribution in [2.45, 2.75) is 5.03 Å². The standard InChI is InChI=1S/C19H17N3O2S/c1-24-16-9-7-14(8-10-16)17-11-12-19(22-21-17)25-13-18(23)20-15-5-3-2-4-6-15/h2-12H,13H2,1H3,(H,20,23). The SMILES string of the molecule is COc1ccc(-c2ccc(SCC(=O)Nc3ccccc3)nn2)cc1. The van der Waals surface area contributed by atoms with Gasteiger partial charge in [-0.3, -0.25) is 4.79 Å². The van der Waals surface area contributed by atoms with E-state index in [2.05, 4.69) is 15.5 Å². The van der Waals surface area contributed by atoms with Crippen molar-refractivity contribution in [3.05, 3.63) is 66.7 Å². The van der Waals surface area contributed by atoms with Crippen molar-refractivity contribution in [1.82, 2.24) is 10.2 Å². The van der Waals surface area contributed by atoms with E-state index >= 15 is 0 Å². The summed E-state index contributed by atoms with van der Waals surface area (Å²) >= 11 is 1.35. The summed E-state index contributed by atoms with van der Waals surface area (Å²) in [6, 6.07) is 20.8. The summed E-state index contributed by atoms with van der Waals surface area (Å²) in [4.78, 5) is 11.9. The van der Waals surface area contributed by atoms with Crippen LogP contribution >= 0.6 is 11.8 Å². The summed E-state index contributed by atoms with van der Waals surface area (Å²) in [6.07, 6.45) is 0. The maximum atomic E-state index is 11.9. The second kappa shape index (κ2) is 8.30. The molecule has 0 saturated heterocycles. The number of methoxy groups -OCH3 is 1. The van der Waals surface area contributed by atoms with E-state index in [1.54, 1.807) is 7.11 Å². The first kappa shape index (κ1) is 17.0. The number of anilines is 1. The van der Waals surface area contributed by atoms with Crippen LogP contribution in [0.5, 0.6) is 5.75 Å². The highest BCUT2D eigenvalue weighted by Crippen LogP contribution is 2.22. The van der Waals surface area contributed by atoms with Crippen LogP contribution in [0.25, 0.3) is 11.3 Å². The minimum absolute atomic E-state index is 0.0720. The van der Waals surface area contributed by atoms with Gasteiger partial charge >= 0.3 is 0 Å². The molecule has 0 atom stereocenters. The van der Waals surface area contributed by atoms with E-state index in [1.807, 2.05) is 66.7 Å². The van der Waals surface area contributed by atoms with Crippen LogP contribution in [0.2, 0.25) is 0 Å². The molecule has 0 aliphatic rings. The van der Waals surface area contributed by atoms with Crippen LogP contribution in [-0.2, 0) is 4.79 Å². The lowest BCUT2D eigenvalue weighted by Crippen LogP contribution is -2.13. The molecular weight excluding hydrogens is 334 g/mol. The molecule has 2 aromatic carbocycles. The van der Waals surface area contributed by atoms with E-state index in [-0.39, 0.29) is 11.7 Å². The maximum absolute atomic E-state index is 11.9. The van der Waals surface area contributed by atoms with Crippen LogP contribution in [0, 0.1) is 0 Å². The summed E-state index contributed by atoms with van der Waals surface area (Å²) in [5, 5.41) is 12.0. The van der Waals surface area contributed by atoms with Crippen molar-refractivity contribution in [3.63, 3.8) is 0 Å². The van der Waals surface area contributed by atoms with Crippen LogP contribution < -0.4 is 10.1 Å². The lowest BCUT2D eigenvalue weighted by molar-refractivity contribution is -0.113. The number of nitrogens with zero attached hydrogens (tertiary/aromatic N) is 2. The molecule has 0 aliphatic heterocycles. The highest BCUT2D eigenvalue weighted by molar-refractivity contribution is 7.99. The summed E-state index contributed by atoms with van der Waals surface area (Å²) in [5.74, 6) is 1.01. The van der Waals surface area contributed by atoms with Crippen LogP contribution in [0.15, 0.2) is 71.8 Å². The summed E-state index contributed by atoms with van der Waals surface area (Å²) in [6.45, 7) is 0. The summed E-state index contributed by atoms with van der Waals surface area (Å²) < 4.78 is 5.14. The van der Waals surface area contributed by atoms with Crippen LogP contribution in [0.3, 0.4) is 0 Å². The largest absolute Gasteiger partial charge is 0.497 e. The second-order valence-corrected chi connectivity index (χ2v) is 6.18. The molecule has 6 heteroatoms. The number of hydrogen-bond donors (Lipinski definition) is 1. The molecule has 3 rings (SSSR count). The van der Waals surface area contributed by atoms with Gasteiger partial charge in [-0.05, 0) is 48.5 Å². The van der Waals surface area contributed by atoms with Gasteiger partial charge in [0.25, 0.3) is 0 Å². The fourth-order valence-corrected chi connectivity index (χ4v) is 2.78. The Labute approximate surface area is 150 Å². The molecule has 25 heavy (non-hydrogen) atoms. The number of carbonyl (C=O) groups excluding carboxylic acids is 1. The molecule has 3 aromatic rings. The minimum Gasteiger partial charge on any atom is -0.497 e. The smallest absolute Gasteiger partial charge is 0.234 e. The molecule has 1 heterocycles. The number of ether oxygens (including phenoxy) is 1. The number of hydrogen-bond acceptors (Lipinski definition) is 5. The van der Waals surface area contributed by atoms with Crippen molar-refractivity contribution in [2.24, 2.45) is 0 Å². The number of benzene rings is 2. The lowest BCUT2D eigenvalue weighted by atomic mass is 10.1. The van der Waals surface area contributed by atoms with Gasteiger partial charge in [0, 0.05) is 11.3 Å². The Morgan fingerprint density at radius 3 is 2.40 bits per heavy atom. The number of para-hydroxylation sites is 1. The van der Waals surface area contributed by atoms with Crippen molar-refractivity contribution in [2.75, 3.05) is 18.2 Å². The van der Waals surface area contributed by atoms with Crippen molar-refractivity contribution in [3.8, 4) is 17.0 Å². The Balaban J connectivity index is 1.56. The average Bonchev–Trinajstić information content (AvgIpc) is 2.68. The third kappa shape index (κ3) is 4.81. The van der Waals surface area contributed by atoms with Gasteiger partial charge in [0.15, 0.2) is 0 Å². The van der Waals surface area contributed by atoms with E-state index in [1.165, 1.54) is 11.8 Å². The van der Waals surface area contributed by atoms with Gasteiger partial charge in [0.05, 0.1) is 18.6 Å². The van der Waals surface area contributed by atoms with Gasteiger partial charge in [-0.15, -0.1) is 10.2 Å². The third-order valence-electron chi connectivity index (χ3n) is 3.43. The molecule has 0 fully saturated rings. The zero-order valence-electron chi connectivity index (χ0n) is 13.7. The number of thioether (sulfide) groups is 1. The molecule has 1 aromatic heterocycles. The zero-order chi connectivity index (χ0) is 17.5. The summed E-state index contributed by atoms with van der Waals surface area (Å²) in [5.41, 5.74) is 2.53. The van der Waals surface area contributed by atoms with E-state index in [4.69, 9.17) is 4.74 Å². The van der Waals surface area contributed by atoms with Gasteiger partial charge in [0.2, 0.25) is 5.91 Å². The summed E-state index contributed by atoms with van der Waals surface area (Å²) in [7, 11) is 1.63. The predicted molar refractivity (Wildman–Crippen MR) is 99.8 cm³/mol. The Hall–Kier alpha value is -2.86. The molecule has 126 valence electrons. The third-order valence-corrected chi connectivity index (χ3v) is 4.35. The fraction of sp³-hybridized carbons (Fsp3) is 0.105.